The van der Waals surface area contributed by atoms with Crippen LogP contribution < -0.4 is 14.8 Å². The number of methoxy groups -OCH3 is 1. The number of hydrogen-bond donors (Lipinski definition) is 1. The predicted octanol–water partition coefficient (Wildman–Crippen LogP) is 2.54. The van der Waals surface area contributed by atoms with Crippen LogP contribution in [0.1, 0.15) is 24.8 Å². The Balaban J connectivity index is 0.00000280. The number of piperazine rings is 1. The Kier molecular flexibility index (Phi) is 10.1. The van der Waals surface area contributed by atoms with E-state index >= 15 is 0 Å². The van der Waals surface area contributed by atoms with Gasteiger partial charge in [-0.1, -0.05) is 6.07 Å². The van der Waals surface area contributed by atoms with Crippen molar-refractivity contribution in [1.29, 1.82) is 0 Å². The molecule has 2 heterocycles. The minimum absolute atomic E-state index is 0. The smallest absolute Gasteiger partial charge is 0.231 e. The maximum atomic E-state index is 5.48. The normalized spacial score (nSPS) is 16.8. The molecule has 0 unspecified atom stereocenters. The summed E-state index contributed by atoms with van der Waals surface area (Å²) in [5, 5.41) is 3.49. The van der Waals surface area contributed by atoms with E-state index < -0.39 is 0 Å². The first-order valence-corrected chi connectivity index (χ1v) is 9.85. The van der Waals surface area contributed by atoms with Crippen molar-refractivity contribution in [2.45, 2.75) is 25.8 Å². The van der Waals surface area contributed by atoms with Gasteiger partial charge in [-0.2, -0.15) is 0 Å². The van der Waals surface area contributed by atoms with E-state index in [0.717, 1.165) is 76.2 Å². The lowest BCUT2D eigenvalue weighted by atomic mass is 10.1. The summed E-state index contributed by atoms with van der Waals surface area (Å²) in [4.78, 5) is 9.28. The standard InChI is InChI=1S/C20H32N4O3.HI/c1-21-20(22-8-4-3-5-13-25-2)24-11-9-23(10-12-24)15-17-6-7-18-19(14-17)27-16-26-18;/h6-7,14H,3-5,8-13,15-16H2,1-2H3,(H,21,22);1H. The van der Waals surface area contributed by atoms with Crippen molar-refractivity contribution < 1.29 is 14.2 Å². The van der Waals surface area contributed by atoms with Crippen molar-refractivity contribution in [2.75, 3.05) is 60.3 Å². The van der Waals surface area contributed by atoms with Gasteiger partial charge in [0.1, 0.15) is 0 Å². The molecule has 0 bridgehead atoms. The second-order valence-electron chi connectivity index (χ2n) is 6.98. The number of ether oxygens (including phenoxy) is 3. The number of nitrogens with zero attached hydrogens (tertiary/aromatic N) is 3. The van der Waals surface area contributed by atoms with E-state index in [1.54, 1.807) is 7.11 Å². The molecule has 0 spiro atoms. The zero-order valence-corrected chi connectivity index (χ0v) is 19.3. The summed E-state index contributed by atoms with van der Waals surface area (Å²) < 4.78 is 16.0. The number of fused-ring (bicyclic) bond motifs is 1. The first kappa shape index (κ1) is 23.0. The first-order chi connectivity index (χ1) is 13.3. The molecule has 1 fully saturated rings. The molecule has 2 aliphatic heterocycles. The molecule has 1 saturated heterocycles. The number of guanidine groups is 1. The fourth-order valence-electron chi connectivity index (χ4n) is 3.50. The molecule has 0 saturated carbocycles. The third-order valence-electron chi connectivity index (χ3n) is 5.04. The molecule has 1 N–H and O–H groups in total. The van der Waals surface area contributed by atoms with Crippen molar-refractivity contribution >= 4 is 29.9 Å². The van der Waals surface area contributed by atoms with E-state index in [9.17, 15) is 0 Å². The Hall–Kier alpha value is -1.26. The van der Waals surface area contributed by atoms with Crippen molar-refractivity contribution in [3.63, 3.8) is 0 Å². The van der Waals surface area contributed by atoms with Crippen LogP contribution in [0.25, 0.3) is 0 Å². The molecule has 8 heteroatoms. The fraction of sp³-hybridized carbons (Fsp3) is 0.650. The number of aliphatic imine (C=N–C) groups is 1. The van der Waals surface area contributed by atoms with E-state index in [1.807, 2.05) is 13.1 Å². The van der Waals surface area contributed by atoms with E-state index in [-0.39, 0.29) is 24.0 Å². The zero-order valence-electron chi connectivity index (χ0n) is 17.0. The van der Waals surface area contributed by atoms with Gasteiger partial charge in [-0.15, -0.1) is 24.0 Å². The van der Waals surface area contributed by atoms with Crippen LogP contribution in [0.4, 0.5) is 0 Å². The number of benzene rings is 1. The van der Waals surface area contributed by atoms with Gasteiger partial charge in [-0.3, -0.25) is 9.89 Å². The number of hydrogen-bond acceptors (Lipinski definition) is 5. The van der Waals surface area contributed by atoms with Gasteiger partial charge in [0.2, 0.25) is 6.79 Å². The average molecular weight is 504 g/mol. The Labute approximate surface area is 185 Å². The summed E-state index contributed by atoms with van der Waals surface area (Å²) in [6, 6.07) is 6.23. The second kappa shape index (κ2) is 12.3. The topological polar surface area (TPSA) is 58.6 Å². The highest BCUT2D eigenvalue weighted by atomic mass is 127. The van der Waals surface area contributed by atoms with Gasteiger partial charge in [-0.25, -0.2) is 0 Å². The van der Waals surface area contributed by atoms with Crippen LogP contribution >= 0.6 is 24.0 Å². The van der Waals surface area contributed by atoms with Crippen molar-refractivity contribution in [2.24, 2.45) is 4.99 Å². The van der Waals surface area contributed by atoms with Crippen LogP contribution in [0.5, 0.6) is 11.5 Å². The molecular weight excluding hydrogens is 471 g/mol. The summed E-state index contributed by atoms with van der Waals surface area (Å²) in [6.07, 6.45) is 3.45. The lowest BCUT2D eigenvalue weighted by Crippen LogP contribution is -2.52. The van der Waals surface area contributed by atoms with Crippen LogP contribution in [0.2, 0.25) is 0 Å². The molecule has 0 aliphatic carbocycles. The third-order valence-corrected chi connectivity index (χ3v) is 5.04. The maximum Gasteiger partial charge on any atom is 0.231 e. The Bertz CT molecular complexity index is 621. The van der Waals surface area contributed by atoms with Crippen LogP contribution in [-0.4, -0.2) is 76.0 Å². The van der Waals surface area contributed by atoms with E-state index in [4.69, 9.17) is 14.2 Å². The molecule has 1 aromatic rings. The summed E-state index contributed by atoms with van der Waals surface area (Å²) in [6.45, 7) is 7.13. The Morgan fingerprint density at radius 1 is 1.11 bits per heavy atom. The minimum Gasteiger partial charge on any atom is -0.454 e. The van der Waals surface area contributed by atoms with Gasteiger partial charge in [-0.05, 0) is 37.0 Å². The average Bonchev–Trinajstić information content (AvgIpc) is 3.16. The zero-order chi connectivity index (χ0) is 18.9. The molecule has 7 nitrogen and oxygen atoms in total. The van der Waals surface area contributed by atoms with Gasteiger partial charge >= 0.3 is 0 Å². The third kappa shape index (κ3) is 6.66. The Morgan fingerprint density at radius 3 is 2.64 bits per heavy atom. The molecule has 158 valence electrons. The van der Waals surface area contributed by atoms with E-state index in [0.29, 0.717) is 6.79 Å². The highest BCUT2D eigenvalue weighted by molar-refractivity contribution is 14.0. The molecule has 3 rings (SSSR count). The van der Waals surface area contributed by atoms with Gasteiger partial charge in [0.05, 0.1) is 0 Å². The molecule has 28 heavy (non-hydrogen) atoms. The largest absolute Gasteiger partial charge is 0.454 e. The molecule has 1 aromatic carbocycles. The summed E-state index contributed by atoms with van der Waals surface area (Å²) in [5.41, 5.74) is 1.27. The SMILES string of the molecule is CN=C(NCCCCCOC)N1CCN(Cc2ccc3c(c2)OCO3)CC1.I. The number of nitrogens with one attached hydrogen (secondary N) is 1. The fourth-order valence-corrected chi connectivity index (χ4v) is 3.50. The summed E-state index contributed by atoms with van der Waals surface area (Å²) in [5.74, 6) is 2.73. The van der Waals surface area contributed by atoms with Crippen LogP contribution in [-0.2, 0) is 11.3 Å². The van der Waals surface area contributed by atoms with Crippen molar-refractivity contribution in [3.8, 4) is 11.5 Å². The summed E-state index contributed by atoms with van der Waals surface area (Å²) >= 11 is 0. The van der Waals surface area contributed by atoms with Gasteiger partial charge < -0.3 is 24.4 Å². The van der Waals surface area contributed by atoms with Crippen molar-refractivity contribution in [1.82, 2.24) is 15.1 Å². The number of rotatable bonds is 8. The highest BCUT2D eigenvalue weighted by Gasteiger charge is 2.20. The molecule has 0 amide bonds. The maximum absolute atomic E-state index is 5.48. The number of halogens is 1. The first-order valence-electron chi connectivity index (χ1n) is 9.85. The molecule has 0 atom stereocenters. The second-order valence-corrected chi connectivity index (χ2v) is 6.98. The van der Waals surface area contributed by atoms with E-state index in [2.05, 4.69) is 32.2 Å². The van der Waals surface area contributed by atoms with Gasteiger partial charge in [0.25, 0.3) is 0 Å². The van der Waals surface area contributed by atoms with Gasteiger partial charge in [0.15, 0.2) is 17.5 Å². The van der Waals surface area contributed by atoms with E-state index in [1.165, 1.54) is 12.0 Å². The van der Waals surface area contributed by atoms with Crippen molar-refractivity contribution in [3.05, 3.63) is 23.8 Å². The quantitative estimate of drug-likeness (QED) is 0.254. The predicted molar refractivity (Wildman–Crippen MR) is 122 cm³/mol. The molecule has 0 radical (unpaired) electrons. The minimum atomic E-state index is 0. The molecular formula is C20H33IN4O3. The lowest BCUT2D eigenvalue weighted by molar-refractivity contribution is 0.171. The highest BCUT2D eigenvalue weighted by Crippen LogP contribution is 2.32. The molecule has 0 aromatic heterocycles. The van der Waals surface area contributed by atoms with Crippen LogP contribution in [0.15, 0.2) is 23.2 Å². The van der Waals surface area contributed by atoms with Gasteiger partial charge in [0, 0.05) is 60.0 Å². The summed E-state index contributed by atoms with van der Waals surface area (Å²) in [7, 11) is 3.62. The monoisotopic (exact) mass is 504 g/mol. The molecule has 2 aliphatic rings. The lowest BCUT2D eigenvalue weighted by Gasteiger charge is -2.36. The Morgan fingerprint density at radius 2 is 1.89 bits per heavy atom. The number of unbranched alkanes of at least 4 members (excludes halogenated alkanes) is 2. The van der Waals surface area contributed by atoms with Crippen LogP contribution in [0, 0.1) is 0 Å². The van der Waals surface area contributed by atoms with Crippen LogP contribution in [0.3, 0.4) is 0 Å².